The summed E-state index contributed by atoms with van der Waals surface area (Å²) < 4.78 is 32.9. The maximum atomic E-state index is 12.5. The standard InChI is InChI=1S/C16H17NO4S/c1-11-4-2-3-5-15(11)22(19,20)17-13-7-8-14-12(10-13)6-9-16(18)21-14/h2-6,9,13,17H,7-8,10H2,1H3. The highest BCUT2D eigenvalue weighted by atomic mass is 32.2. The van der Waals surface area contributed by atoms with Crippen molar-refractivity contribution >= 4 is 10.0 Å². The maximum Gasteiger partial charge on any atom is 0.335 e. The second-order valence-electron chi connectivity index (χ2n) is 5.53. The zero-order valence-corrected chi connectivity index (χ0v) is 13.0. The molecule has 0 amide bonds. The van der Waals surface area contributed by atoms with Crippen LogP contribution in [0, 0.1) is 6.92 Å². The van der Waals surface area contributed by atoms with Crippen molar-refractivity contribution in [2.75, 3.05) is 0 Å². The van der Waals surface area contributed by atoms with Crippen LogP contribution >= 0.6 is 0 Å². The fourth-order valence-electron chi connectivity index (χ4n) is 2.79. The van der Waals surface area contributed by atoms with E-state index in [2.05, 4.69) is 4.72 Å². The number of aryl methyl sites for hydroxylation is 2. The van der Waals surface area contributed by atoms with Gasteiger partial charge in [-0.05, 0) is 43.0 Å². The van der Waals surface area contributed by atoms with Crippen LogP contribution in [0.2, 0.25) is 0 Å². The highest BCUT2D eigenvalue weighted by Gasteiger charge is 2.26. The summed E-state index contributed by atoms with van der Waals surface area (Å²) in [5.41, 5.74) is 1.25. The summed E-state index contributed by atoms with van der Waals surface area (Å²) >= 11 is 0. The minimum absolute atomic E-state index is 0.190. The molecule has 1 aromatic heterocycles. The third-order valence-electron chi connectivity index (χ3n) is 3.89. The molecular weight excluding hydrogens is 302 g/mol. The molecule has 5 nitrogen and oxygen atoms in total. The average Bonchev–Trinajstić information content (AvgIpc) is 2.47. The van der Waals surface area contributed by atoms with Gasteiger partial charge in [-0.1, -0.05) is 18.2 Å². The van der Waals surface area contributed by atoms with Gasteiger partial charge in [0.2, 0.25) is 10.0 Å². The first kappa shape index (κ1) is 15.0. The van der Waals surface area contributed by atoms with E-state index in [1.807, 2.05) is 6.07 Å². The van der Waals surface area contributed by atoms with Crippen LogP contribution in [0.3, 0.4) is 0 Å². The lowest BCUT2D eigenvalue weighted by atomic mass is 9.94. The molecule has 6 heteroatoms. The van der Waals surface area contributed by atoms with Crippen LogP contribution in [-0.4, -0.2) is 14.5 Å². The van der Waals surface area contributed by atoms with Crippen LogP contribution in [-0.2, 0) is 22.9 Å². The van der Waals surface area contributed by atoms with Gasteiger partial charge in [-0.3, -0.25) is 0 Å². The molecular formula is C16H17NO4S. The molecule has 1 N–H and O–H groups in total. The smallest absolute Gasteiger partial charge is 0.335 e. The Labute approximate surface area is 129 Å². The van der Waals surface area contributed by atoms with Crippen molar-refractivity contribution in [1.29, 1.82) is 0 Å². The van der Waals surface area contributed by atoms with Gasteiger partial charge >= 0.3 is 5.63 Å². The van der Waals surface area contributed by atoms with Crippen LogP contribution in [0.5, 0.6) is 0 Å². The monoisotopic (exact) mass is 319 g/mol. The number of sulfonamides is 1. The van der Waals surface area contributed by atoms with E-state index in [4.69, 9.17) is 4.42 Å². The molecule has 1 unspecified atom stereocenters. The van der Waals surface area contributed by atoms with Gasteiger partial charge in [-0.15, -0.1) is 0 Å². The number of benzene rings is 1. The molecule has 1 aromatic carbocycles. The zero-order chi connectivity index (χ0) is 15.7. The fourth-order valence-corrected chi connectivity index (χ4v) is 4.31. The van der Waals surface area contributed by atoms with E-state index in [9.17, 15) is 13.2 Å². The van der Waals surface area contributed by atoms with E-state index in [-0.39, 0.29) is 11.7 Å². The molecule has 1 aliphatic rings. The first-order valence-electron chi connectivity index (χ1n) is 7.15. The van der Waals surface area contributed by atoms with Crippen LogP contribution in [0.15, 0.2) is 50.5 Å². The van der Waals surface area contributed by atoms with Crippen molar-refractivity contribution in [3.63, 3.8) is 0 Å². The number of fused-ring (bicyclic) bond motifs is 1. The predicted molar refractivity (Wildman–Crippen MR) is 82.3 cm³/mol. The molecule has 2 aromatic rings. The van der Waals surface area contributed by atoms with Gasteiger partial charge in [0.1, 0.15) is 5.76 Å². The minimum atomic E-state index is -3.54. The van der Waals surface area contributed by atoms with Crippen LogP contribution < -0.4 is 10.3 Å². The lowest BCUT2D eigenvalue weighted by Crippen LogP contribution is -2.39. The fraction of sp³-hybridized carbons (Fsp3) is 0.312. The Kier molecular flexibility index (Phi) is 3.88. The first-order chi connectivity index (χ1) is 10.5. The molecule has 0 spiro atoms. The highest BCUT2D eigenvalue weighted by Crippen LogP contribution is 2.22. The van der Waals surface area contributed by atoms with Gasteiger partial charge in [0.15, 0.2) is 0 Å². The normalized spacial score (nSPS) is 18.0. The van der Waals surface area contributed by atoms with Crippen molar-refractivity contribution < 1.29 is 12.8 Å². The quantitative estimate of drug-likeness (QED) is 0.935. The first-order valence-corrected chi connectivity index (χ1v) is 8.64. The Bertz CT molecular complexity index is 854. The van der Waals surface area contributed by atoms with Gasteiger partial charge in [0.05, 0.1) is 4.90 Å². The molecule has 0 fully saturated rings. The van der Waals surface area contributed by atoms with Gasteiger partial charge in [0, 0.05) is 18.5 Å². The molecule has 0 saturated carbocycles. The SMILES string of the molecule is Cc1ccccc1S(=O)(=O)NC1CCc2oc(=O)ccc2C1. The molecule has 22 heavy (non-hydrogen) atoms. The molecule has 1 atom stereocenters. The number of hydrogen-bond donors (Lipinski definition) is 1. The molecule has 0 radical (unpaired) electrons. The molecule has 0 bridgehead atoms. The van der Waals surface area contributed by atoms with Crippen molar-refractivity contribution in [2.45, 2.75) is 37.1 Å². The average molecular weight is 319 g/mol. The minimum Gasteiger partial charge on any atom is -0.428 e. The second kappa shape index (κ2) is 5.70. The van der Waals surface area contributed by atoms with Crippen LogP contribution in [0.4, 0.5) is 0 Å². The Balaban J connectivity index is 1.81. The molecule has 0 saturated heterocycles. The summed E-state index contributed by atoms with van der Waals surface area (Å²) in [6, 6.07) is 9.81. The molecule has 1 aliphatic carbocycles. The Morgan fingerprint density at radius 1 is 1.18 bits per heavy atom. The summed E-state index contributed by atoms with van der Waals surface area (Å²) in [6.07, 6.45) is 1.71. The Hall–Kier alpha value is -1.92. The van der Waals surface area contributed by atoms with Crippen LogP contribution in [0.1, 0.15) is 23.3 Å². The predicted octanol–water partition coefficient (Wildman–Crippen LogP) is 1.78. The summed E-state index contributed by atoms with van der Waals surface area (Å²) in [5, 5.41) is 0. The van der Waals surface area contributed by atoms with Gasteiger partial charge in [-0.2, -0.15) is 0 Å². The summed E-state index contributed by atoms with van der Waals surface area (Å²) in [4.78, 5) is 11.5. The summed E-state index contributed by atoms with van der Waals surface area (Å²) in [7, 11) is -3.54. The second-order valence-corrected chi connectivity index (χ2v) is 7.21. The van der Waals surface area contributed by atoms with E-state index >= 15 is 0 Å². The van der Waals surface area contributed by atoms with E-state index in [0.717, 1.165) is 11.1 Å². The van der Waals surface area contributed by atoms with Gasteiger partial charge in [0.25, 0.3) is 0 Å². The van der Waals surface area contributed by atoms with Crippen molar-refractivity contribution in [2.24, 2.45) is 0 Å². The van der Waals surface area contributed by atoms with E-state index < -0.39 is 10.0 Å². The van der Waals surface area contributed by atoms with E-state index in [1.54, 1.807) is 31.2 Å². The molecule has 116 valence electrons. The van der Waals surface area contributed by atoms with E-state index in [1.165, 1.54) is 6.07 Å². The van der Waals surface area contributed by atoms with Crippen molar-refractivity contribution in [3.8, 4) is 0 Å². The zero-order valence-electron chi connectivity index (χ0n) is 12.2. The summed E-state index contributed by atoms with van der Waals surface area (Å²) in [6.45, 7) is 1.78. The Morgan fingerprint density at radius 3 is 2.73 bits per heavy atom. The van der Waals surface area contributed by atoms with Gasteiger partial charge < -0.3 is 4.42 Å². The lowest BCUT2D eigenvalue weighted by Gasteiger charge is -2.24. The van der Waals surface area contributed by atoms with Crippen molar-refractivity contribution in [1.82, 2.24) is 4.72 Å². The molecule has 3 rings (SSSR count). The van der Waals surface area contributed by atoms with Crippen LogP contribution in [0.25, 0.3) is 0 Å². The molecule has 0 aliphatic heterocycles. The third-order valence-corrected chi connectivity index (χ3v) is 5.57. The maximum absolute atomic E-state index is 12.5. The van der Waals surface area contributed by atoms with E-state index in [0.29, 0.717) is 29.9 Å². The lowest BCUT2D eigenvalue weighted by molar-refractivity contribution is 0.401. The summed E-state index contributed by atoms with van der Waals surface area (Å²) in [5.74, 6) is 0.666. The van der Waals surface area contributed by atoms with Crippen molar-refractivity contribution in [3.05, 3.63) is 63.7 Å². The topological polar surface area (TPSA) is 76.4 Å². The Morgan fingerprint density at radius 2 is 1.95 bits per heavy atom. The number of nitrogens with one attached hydrogen (secondary N) is 1. The molecule has 1 heterocycles. The largest absolute Gasteiger partial charge is 0.428 e. The highest BCUT2D eigenvalue weighted by molar-refractivity contribution is 7.89. The number of hydrogen-bond acceptors (Lipinski definition) is 4. The van der Waals surface area contributed by atoms with Gasteiger partial charge in [-0.25, -0.2) is 17.9 Å². The third kappa shape index (κ3) is 2.98. The number of rotatable bonds is 3.